The molecular weight excluding hydrogens is 406 g/mol. The molecule has 5 rings (SSSR count). The molecule has 29 heavy (non-hydrogen) atoms. The number of halogens is 1. The van der Waals surface area contributed by atoms with Crippen molar-refractivity contribution in [3.05, 3.63) is 39.7 Å². The van der Waals surface area contributed by atoms with E-state index in [0.717, 1.165) is 17.7 Å². The van der Waals surface area contributed by atoms with Crippen molar-refractivity contribution < 1.29 is 9.21 Å². The Morgan fingerprint density at radius 3 is 2.72 bits per heavy atom. The lowest BCUT2D eigenvalue weighted by atomic mass is 9.82. The van der Waals surface area contributed by atoms with Crippen LogP contribution in [0.4, 0.5) is 0 Å². The molecule has 5 nitrogen and oxygen atoms in total. The molecule has 2 aliphatic heterocycles. The number of thiophene rings is 1. The van der Waals surface area contributed by atoms with Gasteiger partial charge in [-0.25, -0.2) is 4.98 Å². The molecule has 2 saturated heterocycles. The van der Waals surface area contributed by atoms with Crippen LogP contribution in [-0.2, 0) is 0 Å². The number of nitrogens with zero attached hydrogens (tertiary/aromatic N) is 2. The number of hydrogen-bond donors (Lipinski definition) is 1. The largest absolute Gasteiger partial charge is 0.435 e. The Hall–Kier alpha value is -1.89. The monoisotopic (exact) mass is 429 g/mol. The van der Waals surface area contributed by atoms with Gasteiger partial charge in [0.2, 0.25) is 5.89 Å². The minimum atomic E-state index is -0.118. The standard InChI is InChI=1S/C22H24ClN3O2S/c1-12-6-7-19(29-12)22-25-20-17(8-13(23)9-18(20)28-22)21(27)24-14-10-15-4-3-5-16(11-14)26(15)2/h6-9,14-16H,3-5,10-11H2,1-2H3,(H,24,27). The van der Waals surface area contributed by atoms with Crippen LogP contribution >= 0.6 is 22.9 Å². The van der Waals surface area contributed by atoms with Crippen LogP contribution in [0.3, 0.4) is 0 Å². The lowest BCUT2D eigenvalue weighted by Crippen LogP contribution is -2.55. The Morgan fingerprint density at radius 1 is 1.28 bits per heavy atom. The van der Waals surface area contributed by atoms with Crippen molar-refractivity contribution in [2.45, 2.75) is 57.2 Å². The molecule has 152 valence electrons. The van der Waals surface area contributed by atoms with Gasteiger partial charge in [0.15, 0.2) is 5.58 Å². The molecule has 0 spiro atoms. The van der Waals surface area contributed by atoms with Gasteiger partial charge in [-0.3, -0.25) is 4.79 Å². The zero-order chi connectivity index (χ0) is 20.1. The molecule has 4 heterocycles. The first-order chi connectivity index (χ1) is 14.0. The Kier molecular flexibility index (Phi) is 4.88. The van der Waals surface area contributed by atoms with Gasteiger partial charge in [0, 0.05) is 34.1 Å². The van der Waals surface area contributed by atoms with Gasteiger partial charge in [-0.15, -0.1) is 11.3 Å². The van der Waals surface area contributed by atoms with Crippen molar-refractivity contribution in [3.8, 4) is 10.8 Å². The summed E-state index contributed by atoms with van der Waals surface area (Å²) in [6, 6.07) is 8.76. The zero-order valence-electron chi connectivity index (χ0n) is 16.6. The number of aromatic nitrogens is 1. The zero-order valence-corrected chi connectivity index (χ0v) is 18.1. The fraction of sp³-hybridized carbons (Fsp3) is 0.455. The maximum Gasteiger partial charge on any atom is 0.253 e. The molecule has 1 amide bonds. The Bertz CT molecular complexity index is 1060. The summed E-state index contributed by atoms with van der Waals surface area (Å²) < 4.78 is 5.93. The third-order valence-electron chi connectivity index (χ3n) is 6.33. The van der Waals surface area contributed by atoms with Crippen LogP contribution in [0.1, 0.15) is 47.3 Å². The van der Waals surface area contributed by atoms with Crippen LogP contribution < -0.4 is 5.32 Å². The van der Waals surface area contributed by atoms with E-state index in [1.165, 1.54) is 24.1 Å². The summed E-state index contributed by atoms with van der Waals surface area (Å²) in [6.45, 7) is 2.05. The molecule has 1 N–H and O–H groups in total. The first-order valence-electron chi connectivity index (χ1n) is 10.2. The molecule has 0 saturated carbocycles. The molecule has 0 radical (unpaired) electrons. The molecule has 2 atom stereocenters. The van der Waals surface area contributed by atoms with Crippen molar-refractivity contribution in [3.63, 3.8) is 0 Å². The number of amides is 1. The summed E-state index contributed by atoms with van der Waals surface area (Å²) in [5, 5.41) is 3.73. The molecule has 1 aromatic carbocycles. The third-order valence-corrected chi connectivity index (χ3v) is 7.54. The summed E-state index contributed by atoms with van der Waals surface area (Å²) >= 11 is 7.91. The molecule has 2 unspecified atom stereocenters. The van der Waals surface area contributed by atoms with Crippen LogP contribution in [0.2, 0.25) is 5.02 Å². The van der Waals surface area contributed by atoms with Crippen LogP contribution in [-0.4, -0.2) is 41.0 Å². The van der Waals surface area contributed by atoms with Crippen LogP contribution in [0.25, 0.3) is 21.9 Å². The van der Waals surface area contributed by atoms with E-state index in [1.807, 2.05) is 19.1 Å². The second-order valence-corrected chi connectivity index (χ2v) is 10.00. The molecule has 7 heteroatoms. The molecular formula is C22H24ClN3O2S. The Balaban J connectivity index is 1.43. The molecule has 2 aromatic heterocycles. The highest BCUT2D eigenvalue weighted by atomic mass is 35.5. The van der Waals surface area contributed by atoms with Gasteiger partial charge in [-0.05, 0) is 57.9 Å². The number of carbonyl (C=O) groups excluding carboxylic acids is 1. The number of hydrogen-bond acceptors (Lipinski definition) is 5. The number of nitrogens with one attached hydrogen (secondary N) is 1. The van der Waals surface area contributed by atoms with Crippen molar-refractivity contribution in [1.82, 2.24) is 15.2 Å². The van der Waals surface area contributed by atoms with Crippen LogP contribution in [0.5, 0.6) is 0 Å². The van der Waals surface area contributed by atoms with E-state index in [9.17, 15) is 4.79 Å². The number of fused-ring (bicyclic) bond motifs is 3. The molecule has 3 aromatic rings. The summed E-state index contributed by atoms with van der Waals surface area (Å²) in [5.41, 5.74) is 1.60. The first kappa shape index (κ1) is 19.1. The Morgan fingerprint density at radius 2 is 2.03 bits per heavy atom. The van der Waals surface area contributed by atoms with Gasteiger partial charge < -0.3 is 14.6 Å². The maximum atomic E-state index is 13.2. The minimum absolute atomic E-state index is 0.118. The van der Waals surface area contributed by atoms with E-state index in [4.69, 9.17) is 16.0 Å². The normalized spacial score (nSPS) is 24.7. The predicted octanol–water partition coefficient (Wildman–Crippen LogP) is 5.26. The highest BCUT2D eigenvalue weighted by Gasteiger charge is 2.36. The average Bonchev–Trinajstić information content (AvgIpc) is 3.27. The fourth-order valence-electron chi connectivity index (χ4n) is 4.82. The second kappa shape index (κ2) is 7.42. The van der Waals surface area contributed by atoms with Gasteiger partial charge in [-0.1, -0.05) is 18.0 Å². The number of carbonyl (C=O) groups is 1. The number of rotatable bonds is 3. The number of oxazole rings is 1. The first-order valence-corrected chi connectivity index (χ1v) is 11.4. The summed E-state index contributed by atoms with van der Waals surface area (Å²) in [5.74, 6) is 0.413. The van der Waals surface area contributed by atoms with E-state index in [0.29, 0.717) is 39.7 Å². The van der Waals surface area contributed by atoms with Gasteiger partial charge in [-0.2, -0.15) is 0 Å². The molecule has 2 aliphatic rings. The van der Waals surface area contributed by atoms with E-state index in [-0.39, 0.29) is 11.9 Å². The topological polar surface area (TPSA) is 58.4 Å². The number of piperidine rings is 2. The van der Waals surface area contributed by atoms with Crippen LogP contribution in [0, 0.1) is 6.92 Å². The van der Waals surface area contributed by atoms with Gasteiger partial charge in [0.05, 0.1) is 10.4 Å². The average molecular weight is 430 g/mol. The lowest BCUT2D eigenvalue weighted by molar-refractivity contribution is 0.0463. The number of benzene rings is 1. The molecule has 2 fully saturated rings. The lowest BCUT2D eigenvalue weighted by Gasteiger charge is -2.47. The van der Waals surface area contributed by atoms with E-state index >= 15 is 0 Å². The summed E-state index contributed by atoms with van der Waals surface area (Å²) in [7, 11) is 2.22. The van der Waals surface area contributed by atoms with E-state index in [2.05, 4.69) is 22.2 Å². The smallest absolute Gasteiger partial charge is 0.253 e. The minimum Gasteiger partial charge on any atom is -0.435 e. The fourth-order valence-corrected chi connectivity index (χ4v) is 5.82. The Labute approximate surface area is 179 Å². The van der Waals surface area contributed by atoms with Crippen molar-refractivity contribution in [2.24, 2.45) is 0 Å². The maximum absolute atomic E-state index is 13.2. The van der Waals surface area contributed by atoms with Gasteiger partial charge >= 0.3 is 0 Å². The van der Waals surface area contributed by atoms with E-state index in [1.54, 1.807) is 23.5 Å². The quantitative estimate of drug-likeness (QED) is 0.616. The second-order valence-electron chi connectivity index (χ2n) is 8.28. The molecule has 2 bridgehead atoms. The van der Waals surface area contributed by atoms with Gasteiger partial charge in [0.25, 0.3) is 5.91 Å². The molecule has 0 aliphatic carbocycles. The third kappa shape index (κ3) is 3.58. The van der Waals surface area contributed by atoms with Crippen molar-refractivity contribution >= 4 is 39.9 Å². The van der Waals surface area contributed by atoms with Crippen molar-refractivity contribution in [1.29, 1.82) is 0 Å². The van der Waals surface area contributed by atoms with Crippen molar-refractivity contribution in [2.75, 3.05) is 7.05 Å². The van der Waals surface area contributed by atoms with Gasteiger partial charge in [0.1, 0.15) is 5.52 Å². The van der Waals surface area contributed by atoms with Crippen LogP contribution in [0.15, 0.2) is 28.7 Å². The highest BCUT2D eigenvalue weighted by Crippen LogP contribution is 2.34. The predicted molar refractivity (Wildman–Crippen MR) is 117 cm³/mol. The van der Waals surface area contributed by atoms with E-state index < -0.39 is 0 Å². The number of aryl methyl sites for hydroxylation is 1. The highest BCUT2D eigenvalue weighted by molar-refractivity contribution is 7.15. The summed E-state index contributed by atoms with van der Waals surface area (Å²) in [6.07, 6.45) is 5.72. The summed E-state index contributed by atoms with van der Waals surface area (Å²) in [4.78, 5) is 22.4. The SMILES string of the molecule is Cc1ccc(-c2nc3c(C(=O)NC4CC5CCCC(C4)N5C)cc(Cl)cc3o2)s1.